The Morgan fingerprint density at radius 3 is 2.41 bits per heavy atom. The van der Waals surface area contributed by atoms with Gasteiger partial charge in [0, 0.05) is 44.7 Å². The van der Waals surface area contributed by atoms with E-state index in [1.807, 2.05) is 6.20 Å². The molecule has 2 heterocycles. The lowest BCUT2D eigenvalue weighted by Gasteiger charge is -2.36. The van der Waals surface area contributed by atoms with Crippen molar-refractivity contribution >= 4 is 29.9 Å². The molecule has 7 heteroatoms. The third kappa shape index (κ3) is 6.99. The monoisotopic (exact) mass is 511 g/mol. The van der Waals surface area contributed by atoms with Gasteiger partial charge in [0.2, 0.25) is 5.89 Å². The van der Waals surface area contributed by atoms with Crippen LogP contribution in [0.4, 0.5) is 0 Å². The number of hydrogen-bond donors (Lipinski definition) is 1. The molecule has 1 aliphatic heterocycles. The number of oxazole rings is 1. The van der Waals surface area contributed by atoms with Gasteiger partial charge in [0.25, 0.3) is 0 Å². The lowest BCUT2D eigenvalue weighted by molar-refractivity contribution is 0.172. The summed E-state index contributed by atoms with van der Waals surface area (Å²) < 4.78 is 5.87. The molecule has 1 fully saturated rings. The topological polar surface area (TPSA) is 56.9 Å². The molecular weight excluding hydrogens is 477 g/mol. The molecule has 3 rings (SSSR count). The summed E-state index contributed by atoms with van der Waals surface area (Å²) in [6, 6.07) is 10.7. The zero-order chi connectivity index (χ0) is 20.0. The van der Waals surface area contributed by atoms with Crippen LogP contribution in [-0.4, -0.2) is 53.5 Å². The van der Waals surface area contributed by atoms with Crippen LogP contribution in [0.15, 0.2) is 45.9 Å². The number of hydrogen-bond acceptors (Lipinski definition) is 4. The summed E-state index contributed by atoms with van der Waals surface area (Å²) in [6.45, 7) is 14.8. The van der Waals surface area contributed by atoms with Gasteiger partial charge in [-0.3, -0.25) is 4.90 Å². The number of nitrogens with zero attached hydrogens (tertiary/aromatic N) is 4. The first-order valence-electron chi connectivity index (χ1n) is 10.2. The number of nitrogens with one attached hydrogen (secondary N) is 1. The molecule has 160 valence electrons. The molecule has 1 aliphatic rings. The molecular formula is C22H34IN5O. The number of aromatic nitrogens is 1. The van der Waals surface area contributed by atoms with Crippen LogP contribution < -0.4 is 5.32 Å². The van der Waals surface area contributed by atoms with E-state index in [1.54, 1.807) is 0 Å². The Morgan fingerprint density at radius 1 is 1.14 bits per heavy atom. The fraction of sp³-hybridized carbons (Fsp3) is 0.545. The van der Waals surface area contributed by atoms with E-state index in [4.69, 9.17) is 9.41 Å². The van der Waals surface area contributed by atoms with Crippen LogP contribution in [0.3, 0.4) is 0 Å². The fourth-order valence-corrected chi connectivity index (χ4v) is 3.26. The van der Waals surface area contributed by atoms with Crippen LogP contribution in [0.25, 0.3) is 0 Å². The van der Waals surface area contributed by atoms with Gasteiger partial charge < -0.3 is 14.6 Å². The minimum absolute atomic E-state index is 0. The van der Waals surface area contributed by atoms with Gasteiger partial charge in [0.1, 0.15) is 12.3 Å². The van der Waals surface area contributed by atoms with Gasteiger partial charge in [-0.25, -0.2) is 9.98 Å². The lowest BCUT2D eigenvalue weighted by Crippen LogP contribution is -2.52. The maximum Gasteiger partial charge on any atom is 0.216 e. The van der Waals surface area contributed by atoms with E-state index in [-0.39, 0.29) is 29.4 Å². The predicted molar refractivity (Wildman–Crippen MR) is 129 cm³/mol. The Kier molecular flexibility index (Phi) is 8.95. The molecule has 0 spiro atoms. The summed E-state index contributed by atoms with van der Waals surface area (Å²) in [5, 5.41) is 3.41. The molecule has 0 aliphatic carbocycles. The van der Waals surface area contributed by atoms with E-state index in [2.05, 4.69) is 78.1 Å². The first-order chi connectivity index (χ1) is 13.5. The van der Waals surface area contributed by atoms with Gasteiger partial charge in [0.15, 0.2) is 5.96 Å². The number of aliphatic imine (C=N–C) groups is 1. The van der Waals surface area contributed by atoms with Gasteiger partial charge in [-0.05, 0) is 12.5 Å². The van der Waals surface area contributed by atoms with E-state index < -0.39 is 0 Å². The quantitative estimate of drug-likeness (QED) is 0.375. The third-order valence-electron chi connectivity index (χ3n) is 4.91. The van der Waals surface area contributed by atoms with Crippen LogP contribution in [0.2, 0.25) is 0 Å². The van der Waals surface area contributed by atoms with Gasteiger partial charge in [-0.15, -0.1) is 24.0 Å². The molecule has 1 saturated heterocycles. The molecule has 1 N–H and O–H groups in total. The summed E-state index contributed by atoms with van der Waals surface area (Å²) in [5.41, 5.74) is 1.34. The van der Waals surface area contributed by atoms with E-state index in [1.165, 1.54) is 5.56 Å². The zero-order valence-corrected chi connectivity index (χ0v) is 20.3. The number of piperazine rings is 1. The van der Waals surface area contributed by atoms with Crippen molar-refractivity contribution < 1.29 is 4.42 Å². The lowest BCUT2D eigenvalue weighted by atomic mass is 9.94. The molecule has 0 amide bonds. The molecule has 2 aromatic rings. The summed E-state index contributed by atoms with van der Waals surface area (Å²) in [4.78, 5) is 14.0. The Labute approximate surface area is 191 Å². The average Bonchev–Trinajstić information content (AvgIpc) is 3.16. The molecule has 6 nitrogen and oxygen atoms in total. The van der Waals surface area contributed by atoms with Crippen molar-refractivity contribution in [2.45, 2.75) is 46.2 Å². The number of benzene rings is 1. The number of rotatable bonds is 5. The third-order valence-corrected chi connectivity index (χ3v) is 4.91. The van der Waals surface area contributed by atoms with Crippen LogP contribution in [0.1, 0.15) is 44.9 Å². The molecule has 29 heavy (non-hydrogen) atoms. The van der Waals surface area contributed by atoms with Crippen molar-refractivity contribution in [3.05, 3.63) is 53.7 Å². The minimum Gasteiger partial charge on any atom is -0.443 e. The normalized spacial score (nSPS) is 15.9. The highest BCUT2D eigenvalue weighted by Crippen LogP contribution is 2.22. The SMILES string of the molecule is CCNC(=NCc1ncc(C(C)(C)C)o1)N1CCN(Cc2ccccc2)CC1.I. The van der Waals surface area contributed by atoms with Gasteiger partial charge in [-0.2, -0.15) is 0 Å². The standard InChI is InChI=1S/C22H33N5O.HI/c1-5-23-21(25-16-20-24-15-19(28-20)22(2,3)4)27-13-11-26(12-14-27)17-18-9-7-6-8-10-18;/h6-10,15H,5,11-14,16-17H2,1-4H3,(H,23,25);1H. The Morgan fingerprint density at radius 2 is 1.83 bits per heavy atom. The van der Waals surface area contributed by atoms with Crippen molar-refractivity contribution in [2.24, 2.45) is 4.99 Å². The molecule has 0 bridgehead atoms. The Balaban J connectivity index is 0.00000300. The number of halogens is 1. The summed E-state index contributed by atoms with van der Waals surface area (Å²) in [7, 11) is 0. The second kappa shape index (κ2) is 11.0. The van der Waals surface area contributed by atoms with Crippen LogP contribution in [-0.2, 0) is 18.5 Å². The summed E-state index contributed by atoms with van der Waals surface area (Å²) >= 11 is 0. The van der Waals surface area contributed by atoms with E-state index in [0.29, 0.717) is 12.4 Å². The highest BCUT2D eigenvalue weighted by atomic mass is 127. The second-order valence-corrected chi connectivity index (χ2v) is 8.29. The fourth-order valence-electron chi connectivity index (χ4n) is 3.26. The van der Waals surface area contributed by atoms with Gasteiger partial charge in [-0.1, -0.05) is 51.1 Å². The van der Waals surface area contributed by atoms with Crippen LogP contribution in [0.5, 0.6) is 0 Å². The molecule has 1 aromatic heterocycles. The molecule has 0 radical (unpaired) electrons. The van der Waals surface area contributed by atoms with Gasteiger partial charge >= 0.3 is 0 Å². The number of guanidine groups is 1. The first-order valence-corrected chi connectivity index (χ1v) is 10.2. The molecule has 1 aromatic carbocycles. The zero-order valence-electron chi connectivity index (χ0n) is 18.0. The van der Waals surface area contributed by atoms with Crippen LogP contribution in [0, 0.1) is 0 Å². The second-order valence-electron chi connectivity index (χ2n) is 8.29. The van der Waals surface area contributed by atoms with Crippen molar-refractivity contribution in [3.63, 3.8) is 0 Å². The summed E-state index contributed by atoms with van der Waals surface area (Å²) in [6.07, 6.45) is 1.82. The van der Waals surface area contributed by atoms with Crippen molar-refractivity contribution in [2.75, 3.05) is 32.7 Å². The predicted octanol–water partition coefficient (Wildman–Crippen LogP) is 3.87. The molecule has 0 saturated carbocycles. The maximum atomic E-state index is 5.87. The first kappa shape index (κ1) is 23.7. The Hall–Kier alpha value is -1.61. The largest absolute Gasteiger partial charge is 0.443 e. The average molecular weight is 511 g/mol. The minimum atomic E-state index is -0.0332. The van der Waals surface area contributed by atoms with E-state index in [0.717, 1.165) is 51.0 Å². The Bertz CT molecular complexity index is 761. The van der Waals surface area contributed by atoms with E-state index in [9.17, 15) is 0 Å². The van der Waals surface area contributed by atoms with Crippen molar-refractivity contribution in [1.82, 2.24) is 20.1 Å². The van der Waals surface area contributed by atoms with Crippen LogP contribution >= 0.6 is 24.0 Å². The highest BCUT2D eigenvalue weighted by Gasteiger charge is 2.21. The smallest absolute Gasteiger partial charge is 0.216 e. The maximum absolute atomic E-state index is 5.87. The molecule has 0 unspecified atom stereocenters. The summed E-state index contributed by atoms with van der Waals surface area (Å²) in [5.74, 6) is 2.51. The highest BCUT2D eigenvalue weighted by molar-refractivity contribution is 14.0. The van der Waals surface area contributed by atoms with Crippen molar-refractivity contribution in [3.8, 4) is 0 Å². The van der Waals surface area contributed by atoms with Gasteiger partial charge in [0.05, 0.1) is 6.20 Å². The molecule has 0 atom stereocenters. The van der Waals surface area contributed by atoms with Crippen molar-refractivity contribution in [1.29, 1.82) is 0 Å². The van der Waals surface area contributed by atoms with E-state index >= 15 is 0 Å².